The zero-order valence-electron chi connectivity index (χ0n) is 14.2. The maximum absolute atomic E-state index is 12.7. The fourth-order valence-electron chi connectivity index (χ4n) is 3.49. The molecule has 1 heterocycles. The van der Waals surface area contributed by atoms with Crippen molar-refractivity contribution >= 4 is 12.0 Å². The molecule has 1 atom stereocenters. The monoisotopic (exact) mass is 327 g/mol. The summed E-state index contributed by atoms with van der Waals surface area (Å²) < 4.78 is 5.69. The molecule has 1 unspecified atom stereocenters. The van der Waals surface area contributed by atoms with Crippen LogP contribution in [0.5, 0.6) is 0 Å². The number of nitrogens with zero attached hydrogens (tertiary/aromatic N) is 3. The topological polar surface area (TPSA) is 73.3 Å². The minimum Gasteiger partial charge on any atom is -0.480 e. The van der Waals surface area contributed by atoms with Crippen LogP contribution in [-0.4, -0.2) is 90.8 Å². The normalized spacial score (nSPS) is 23.1. The number of aliphatic carboxylic acids is 1. The molecular formula is C16H29N3O4. The van der Waals surface area contributed by atoms with E-state index in [1.807, 2.05) is 16.8 Å². The van der Waals surface area contributed by atoms with Crippen LogP contribution < -0.4 is 0 Å². The van der Waals surface area contributed by atoms with Crippen molar-refractivity contribution in [3.63, 3.8) is 0 Å². The zero-order valence-corrected chi connectivity index (χ0v) is 14.2. The van der Waals surface area contributed by atoms with Crippen LogP contribution in [-0.2, 0) is 9.53 Å². The number of likely N-dealkylation sites (N-methyl/N-ethyl adjacent to an activating group) is 1. The summed E-state index contributed by atoms with van der Waals surface area (Å²) in [6, 6.07) is 0.429. The average molecular weight is 327 g/mol. The minimum absolute atomic E-state index is 0.0181. The predicted octanol–water partition coefficient (Wildman–Crippen LogP) is 1.09. The first-order valence-electron chi connectivity index (χ1n) is 8.51. The van der Waals surface area contributed by atoms with Gasteiger partial charge in [0.15, 0.2) is 0 Å². The summed E-state index contributed by atoms with van der Waals surface area (Å²) in [5.74, 6) is -0.853. The lowest BCUT2D eigenvalue weighted by Crippen LogP contribution is -2.54. The second-order valence-electron chi connectivity index (χ2n) is 6.71. The van der Waals surface area contributed by atoms with E-state index < -0.39 is 5.97 Å². The Morgan fingerprint density at radius 3 is 2.57 bits per heavy atom. The Hall–Kier alpha value is -1.34. The Balaban J connectivity index is 1.84. The van der Waals surface area contributed by atoms with Crippen molar-refractivity contribution in [3.05, 3.63) is 0 Å². The molecule has 0 aromatic carbocycles. The highest BCUT2D eigenvalue weighted by Crippen LogP contribution is 2.23. The number of amides is 2. The van der Waals surface area contributed by atoms with Gasteiger partial charge < -0.3 is 19.6 Å². The smallest absolute Gasteiger partial charge is 0.320 e. The number of carbonyl (C=O) groups is 2. The maximum atomic E-state index is 12.7. The van der Waals surface area contributed by atoms with Crippen molar-refractivity contribution in [3.8, 4) is 0 Å². The second kappa shape index (κ2) is 8.49. The number of urea groups is 1. The third-order valence-electron chi connectivity index (χ3n) is 4.75. The molecule has 132 valence electrons. The number of carboxylic acid groups (broad SMARTS) is 1. The molecule has 0 aromatic rings. The fourth-order valence-corrected chi connectivity index (χ4v) is 3.49. The molecule has 2 rings (SSSR count). The van der Waals surface area contributed by atoms with Gasteiger partial charge in [-0.1, -0.05) is 19.3 Å². The summed E-state index contributed by atoms with van der Waals surface area (Å²) in [5.41, 5.74) is 0. The number of morpholine rings is 1. The van der Waals surface area contributed by atoms with Crippen LogP contribution in [0.4, 0.5) is 4.79 Å². The molecule has 2 aliphatic rings. The molecule has 1 N–H and O–H groups in total. The van der Waals surface area contributed by atoms with Gasteiger partial charge in [0.05, 0.1) is 19.3 Å². The summed E-state index contributed by atoms with van der Waals surface area (Å²) in [4.78, 5) is 28.9. The highest BCUT2D eigenvalue weighted by molar-refractivity contribution is 5.74. The highest BCUT2D eigenvalue weighted by Gasteiger charge is 2.30. The maximum Gasteiger partial charge on any atom is 0.320 e. The number of hydrogen-bond acceptors (Lipinski definition) is 4. The molecule has 0 bridgehead atoms. The molecule has 23 heavy (non-hydrogen) atoms. The van der Waals surface area contributed by atoms with Crippen molar-refractivity contribution in [1.82, 2.24) is 14.7 Å². The van der Waals surface area contributed by atoms with E-state index in [0.29, 0.717) is 32.3 Å². The van der Waals surface area contributed by atoms with Crippen LogP contribution in [0.3, 0.4) is 0 Å². The molecule has 2 fully saturated rings. The SMILES string of the molecule is CN(CC(=O)O)CC1CN(C(=O)N(C)C2CCCCC2)CCO1. The average Bonchev–Trinajstić information content (AvgIpc) is 2.53. The highest BCUT2D eigenvalue weighted by atomic mass is 16.5. The van der Waals surface area contributed by atoms with E-state index in [-0.39, 0.29) is 18.7 Å². The standard InChI is InChI=1S/C16H29N3O4/c1-17(12-15(20)21)10-14-11-19(8-9-23-14)16(22)18(2)13-6-4-3-5-7-13/h13-14H,3-12H2,1-2H3,(H,20,21). The van der Waals surface area contributed by atoms with Gasteiger partial charge in [-0.3, -0.25) is 9.69 Å². The summed E-state index contributed by atoms with van der Waals surface area (Å²) in [5, 5.41) is 8.82. The third-order valence-corrected chi connectivity index (χ3v) is 4.75. The molecule has 0 aromatic heterocycles. The molecule has 1 saturated carbocycles. The van der Waals surface area contributed by atoms with Crippen molar-refractivity contribution in [2.45, 2.75) is 44.2 Å². The molecule has 7 heteroatoms. The lowest BCUT2D eigenvalue weighted by atomic mass is 9.95. The van der Waals surface area contributed by atoms with Crippen molar-refractivity contribution < 1.29 is 19.4 Å². The van der Waals surface area contributed by atoms with Gasteiger partial charge in [-0.2, -0.15) is 0 Å². The van der Waals surface area contributed by atoms with Crippen LogP contribution in [0.1, 0.15) is 32.1 Å². The van der Waals surface area contributed by atoms with Crippen LogP contribution in [0.25, 0.3) is 0 Å². The summed E-state index contributed by atoms with van der Waals surface area (Å²) >= 11 is 0. The molecule has 1 aliphatic carbocycles. The Bertz CT molecular complexity index is 412. The van der Waals surface area contributed by atoms with Gasteiger partial charge in [-0.05, 0) is 19.9 Å². The molecule has 0 radical (unpaired) electrons. The molecule has 7 nitrogen and oxygen atoms in total. The van der Waals surface area contributed by atoms with Crippen LogP contribution in [0.2, 0.25) is 0 Å². The number of hydrogen-bond donors (Lipinski definition) is 1. The lowest BCUT2D eigenvalue weighted by Gasteiger charge is -2.39. The van der Waals surface area contributed by atoms with Gasteiger partial charge in [0.1, 0.15) is 0 Å². The Morgan fingerprint density at radius 1 is 1.22 bits per heavy atom. The van der Waals surface area contributed by atoms with E-state index in [4.69, 9.17) is 9.84 Å². The Labute approximate surface area is 138 Å². The van der Waals surface area contributed by atoms with E-state index in [0.717, 1.165) is 12.8 Å². The lowest BCUT2D eigenvalue weighted by molar-refractivity contribution is -0.138. The predicted molar refractivity (Wildman–Crippen MR) is 86.5 cm³/mol. The van der Waals surface area contributed by atoms with Gasteiger partial charge in [0.25, 0.3) is 0 Å². The van der Waals surface area contributed by atoms with Crippen LogP contribution >= 0.6 is 0 Å². The second-order valence-corrected chi connectivity index (χ2v) is 6.71. The third kappa shape index (κ3) is 5.35. The first kappa shape index (κ1) is 18.0. The Morgan fingerprint density at radius 2 is 1.91 bits per heavy atom. The largest absolute Gasteiger partial charge is 0.480 e. The molecule has 1 saturated heterocycles. The minimum atomic E-state index is -0.853. The molecule has 1 aliphatic heterocycles. The number of carboxylic acids is 1. The number of rotatable bonds is 5. The first-order chi connectivity index (χ1) is 11.0. The summed E-state index contributed by atoms with van der Waals surface area (Å²) in [7, 11) is 3.66. The van der Waals surface area contributed by atoms with Crippen LogP contribution in [0.15, 0.2) is 0 Å². The Kier molecular flexibility index (Phi) is 6.65. The van der Waals surface area contributed by atoms with Crippen molar-refractivity contribution in [2.75, 3.05) is 46.9 Å². The number of ether oxygens (including phenoxy) is 1. The molecule has 0 spiro atoms. The molecular weight excluding hydrogens is 298 g/mol. The first-order valence-corrected chi connectivity index (χ1v) is 8.51. The van der Waals surface area contributed by atoms with Crippen LogP contribution in [0, 0.1) is 0 Å². The van der Waals surface area contributed by atoms with E-state index >= 15 is 0 Å². The van der Waals surface area contributed by atoms with E-state index in [2.05, 4.69) is 0 Å². The van der Waals surface area contributed by atoms with Gasteiger partial charge in [-0.25, -0.2) is 4.79 Å². The summed E-state index contributed by atoms with van der Waals surface area (Å²) in [6.07, 6.45) is 5.74. The van der Waals surface area contributed by atoms with Gasteiger partial charge >= 0.3 is 12.0 Å². The van der Waals surface area contributed by atoms with Gasteiger partial charge in [-0.15, -0.1) is 0 Å². The van der Waals surface area contributed by atoms with Crippen molar-refractivity contribution in [1.29, 1.82) is 0 Å². The van der Waals surface area contributed by atoms with E-state index in [1.54, 1.807) is 11.9 Å². The number of carbonyl (C=O) groups excluding carboxylic acids is 1. The van der Waals surface area contributed by atoms with Gasteiger partial charge in [0, 0.05) is 32.7 Å². The zero-order chi connectivity index (χ0) is 16.8. The van der Waals surface area contributed by atoms with E-state index in [9.17, 15) is 9.59 Å². The summed E-state index contributed by atoms with van der Waals surface area (Å²) in [6.45, 7) is 2.14. The quantitative estimate of drug-likeness (QED) is 0.818. The molecule has 2 amide bonds. The van der Waals surface area contributed by atoms with Gasteiger partial charge in [0.2, 0.25) is 0 Å². The van der Waals surface area contributed by atoms with E-state index in [1.165, 1.54) is 19.3 Å². The van der Waals surface area contributed by atoms with Crippen molar-refractivity contribution in [2.24, 2.45) is 0 Å². The fraction of sp³-hybridized carbons (Fsp3) is 0.875.